The normalized spacial score (nSPS) is 18.0. The zero-order valence-corrected chi connectivity index (χ0v) is 18.5. The summed E-state index contributed by atoms with van der Waals surface area (Å²) in [5, 5.41) is 7.64. The standard InChI is InChI=1S/C22H29F3N4O2/c1-14(2)31-18(30)21(26,13-19(3,4)5)16-8-6-15(7-9-16)17-12-29(28-27-17)20(10-11-20)22(23,24)25/h6-9,12,14H,10-11,13,26H2,1-5H3/t21-/m1/s1. The van der Waals surface area contributed by atoms with Crippen LogP contribution in [0, 0.1) is 5.41 Å². The van der Waals surface area contributed by atoms with Gasteiger partial charge in [-0.3, -0.25) is 0 Å². The van der Waals surface area contributed by atoms with Crippen LogP contribution in [0.15, 0.2) is 30.5 Å². The van der Waals surface area contributed by atoms with Gasteiger partial charge >= 0.3 is 12.1 Å². The van der Waals surface area contributed by atoms with Crippen LogP contribution < -0.4 is 5.73 Å². The number of hydrogen-bond donors (Lipinski definition) is 1. The average molecular weight is 438 g/mol. The first-order valence-electron chi connectivity index (χ1n) is 10.3. The third-order valence-electron chi connectivity index (χ3n) is 5.40. The molecule has 0 saturated heterocycles. The molecule has 1 saturated carbocycles. The fourth-order valence-corrected chi connectivity index (χ4v) is 3.75. The van der Waals surface area contributed by atoms with Crippen LogP contribution in [0.2, 0.25) is 0 Å². The molecule has 1 aliphatic carbocycles. The Hall–Kier alpha value is -2.42. The second-order valence-corrected chi connectivity index (χ2v) is 9.82. The number of alkyl halides is 3. The molecule has 0 bridgehead atoms. The van der Waals surface area contributed by atoms with Gasteiger partial charge in [0.25, 0.3) is 0 Å². The van der Waals surface area contributed by atoms with Crippen LogP contribution in [-0.4, -0.2) is 33.2 Å². The van der Waals surface area contributed by atoms with Crippen molar-refractivity contribution in [1.82, 2.24) is 15.0 Å². The Kier molecular flexibility index (Phi) is 5.71. The van der Waals surface area contributed by atoms with E-state index in [0.717, 1.165) is 4.68 Å². The van der Waals surface area contributed by atoms with Crippen molar-refractivity contribution in [3.05, 3.63) is 36.0 Å². The smallest absolute Gasteiger partial charge is 0.413 e. The average Bonchev–Trinajstić information content (AvgIpc) is 3.31. The summed E-state index contributed by atoms with van der Waals surface area (Å²) >= 11 is 0. The number of hydrogen-bond acceptors (Lipinski definition) is 5. The predicted molar refractivity (Wildman–Crippen MR) is 110 cm³/mol. The van der Waals surface area contributed by atoms with Crippen LogP contribution in [0.4, 0.5) is 13.2 Å². The zero-order chi connectivity index (χ0) is 23.2. The Bertz CT molecular complexity index is 941. The molecule has 2 aromatic rings. The fourth-order valence-electron chi connectivity index (χ4n) is 3.75. The fraction of sp³-hybridized carbons (Fsp3) is 0.591. The van der Waals surface area contributed by atoms with Crippen molar-refractivity contribution in [2.75, 3.05) is 0 Å². The topological polar surface area (TPSA) is 83.0 Å². The molecular formula is C22H29F3N4O2. The maximum Gasteiger partial charge on any atom is 0.413 e. The van der Waals surface area contributed by atoms with Crippen molar-refractivity contribution in [2.24, 2.45) is 11.1 Å². The lowest BCUT2D eigenvalue weighted by Crippen LogP contribution is -2.49. The minimum atomic E-state index is -4.37. The molecule has 1 atom stereocenters. The zero-order valence-electron chi connectivity index (χ0n) is 18.5. The highest BCUT2D eigenvalue weighted by Gasteiger charge is 2.66. The third kappa shape index (κ3) is 4.61. The molecule has 0 aliphatic heterocycles. The summed E-state index contributed by atoms with van der Waals surface area (Å²) in [4.78, 5) is 12.8. The molecule has 0 unspecified atom stereocenters. The summed E-state index contributed by atoms with van der Waals surface area (Å²) in [6.07, 6.45) is -3.02. The molecule has 1 aliphatic rings. The number of aromatic nitrogens is 3. The number of rotatable bonds is 6. The Balaban J connectivity index is 1.90. The second kappa shape index (κ2) is 7.62. The van der Waals surface area contributed by atoms with Crippen LogP contribution in [0.1, 0.15) is 59.4 Å². The highest BCUT2D eigenvalue weighted by atomic mass is 19.4. The molecule has 0 radical (unpaired) electrons. The number of ether oxygens (including phenoxy) is 1. The van der Waals surface area contributed by atoms with E-state index in [1.807, 2.05) is 20.8 Å². The molecule has 6 nitrogen and oxygen atoms in total. The summed E-state index contributed by atoms with van der Waals surface area (Å²) in [6.45, 7) is 9.47. The number of esters is 1. The van der Waals surface area contributed by atoms with E-state index in [1.165, 1.54) is 6.20 Å². The summed E-state index contributed by atoms with van der Waals surface area (Å²) in [6, 6.07) is 6.75. The molecule has 3 rings (SSSR count). The SMILES string of the molecule is CC(C)OC(=O)[C@@](N)(CC(C)(C)C)c1ccc(-c2cn(C3(C(F)(F)F)CC3)nn2)cc1. The minimum absolute atomic E-state index is 0.00129. The van der Waals surface area contributed by atoms with Crippen LogP contribution in [0.3, 0.4) is 0 Å². The van der Waals surface area contributed by atoms with Crippen molar-refractivity contribution < 1.29 is 22.7 Å². The second-order valence-electron chi connectivity index (χ2n) is 9.82. The minimum Gasteiger partial charge on any atom is -0.461 e. The van der Waals surface area contributed by atoms with Gasteiger partial charge in [0.1, 0.15) is 11.2 Å². The van der Waals surface area contributed by atoms with Crippen molar-refractivity contribution in [2.45, 2.75) is 77.2 Å². The van der Waals surface area contributed by atoms with E-state index in [-0.39, 0.29) is 24.4 Å². The number of nitrogens with zero attached hydrogens (tertiary/aromatic N) is 3. The number of benzene rings is 1. The quantitative estimate of drug-likeness (QED) is 0.670. The molecular weight excluding hydrogens is 409 g/mol. The Morgan fingerprint density at radius 1 is 1.19 bits per heavy atom. The first kappa shape index (κ1) is 23.2. The molecule has 1 heterocycles. The number of carbonyl (C=O) groups is 1. The molecule has 2 N–H and O–H groups in total. The summed E-state index contributed by atoms with van der Waals surface area (Å²) < 4.78 is 46.3. The number of carbonyl (C=O) groups excluding carboxylic acids is 1. The van der Waals surface area contributed by atoms with Gasteiger partial charge in [0.2, 0.25) is 0 Å². The summed E-state index contributed by atoms with van der Waals surface area (Å²) in [5.74, 6) is -0.517. The lowest BCUT2D eigenvalue weighted by Gasteiger charge is -2.34. The van der Waals surface area contributed by atoms with Crippen LogP contribution in [-0.2, 0) is 20.6 Å². The van der Waals surface area contributed by atoms with E-state index in [0.29, 0.717) is 23.2 Å². The van der Waals surface area contributed by atoms with Crippen LogP contribution in [0.5, 0.6) is 0 Å². The molecule has 170 valence electrons. The van der Waals surface area contributed by atoms with Gasteiger partial charge in [-0.05, 0) is 44.1 Å². The van der Waals surface area contributed by atoms with Gasteiger partial charge in [-0.15, -0.1) is 5.10 Å². The summed E-state index contributed by atoms with van der Waals surface area (Å²) in [5.41, 5.74) is 4.50. The number of halogens is 3. The molecule has 0 spiro atoms. The predicted octanol–water partition coefficient (Wildman–Crippen LogP) is 4.54. The first-order valence-corrected chi connectivity index (χ1v) is 10.3. The van der Waals surface area contributed by atoms with Gasteiger partial charge in [-0.1, -0.05) is 50.3 Å². The van der Waals surface area contributed by atoms with Crippen molar-refractivity contribution in [1.29, 1.82) is 0 Å². The molecule has 9 heteroatoms. The lowest BCUT2D eigenvalue weighted by atomic mass is 9.76. The van der Waals surface area contributed by atoms with E-state index >= 15 is 0 Å². The van der Waals surface area contributed by atoms with E-state index in [4.69, 9.17) is 10.5 Å². The molecule has 1 aromatic carbocycles. The van der Waals surface area contributed by atoms with Gasteiger partial charge in [-0.2, -0.15) is 13.2 Å². The van der Waals surface area contributed by atoms with Gasteiger partial charge in [-0.25, -0.2) is 9.48 Å². The monoisotopic (exact) mass is 438 g/mol. The van der Waals surface area contributed by atoms with Crippen molar-refractivity contribution >= 4 is 5.97 Å². The van der Waals surface area contributed by atoms with Crippen molar-refractivity contribution in [3.63, 3.8) is 0 Å². The number of nitrogens with two attached hydrogens (primary N) is 1. The largest absolute Gasteiger partial charge is 0.461 e. The third-order valence-corrected chi connectivity index (χ3v) is 5.40. The van der Waals surface area contributed by atoms with Crippen LogP contribution >= 0.6 is 0 Å². The van der Waals surface area contributed by atoms with E-state index in [2.05, 4.69) is 10.3 Å². The summed E-state index contributed by atoms with van der Waals surface area (Å²) in [7, 11) is 0. The highest BCUT2D eigenvalue weighted by Crippen LogP contribution is 2.55. The van der Waals surface area contributed by atoms with Gasteiger partial charge in [0.15, 0.2) is 5.54 Å². The van der Waals surface area contributed by atoms with Gasteiger partial charge in [0.05, 0.1) is 12.3 Å². The first-order chi connectivity index (χ1) is 14.2. The van der Waals surface area contributed by atoms with Gasteiger partial charge in [0, 0.05) is 5.56 Å². The van der Waals surface area contributed by atoms with Gasteiger partial charge < -0.3 is 10.5 Å². The van der Waals surface area contributed by atoms with E-state index in [9.17, 15) is 18.0 Å². The Labute approximate surface area is 179 Å². The highest BCUT2D eigenvalue weighted by molar-refractivity contribution is 5.83. The molecule has 0 amide bonds. The molecule has 31 heavy (non-hydrogen) atoms. The van der Waals surface area contributed by atoms with Crippen molar-refractivity contribution in [3.8, 4) is 11.3 Å². The molecule has 1 fully saturated rings. The maximum atomic E-state index is 13.3. The molecule has 1 aromatic heterocycles. The Morgan fingerprint density at radius 2 is 1.77 bits per heavy atom. The van der Waals surface area contributed by atoms with E-state index < -0.39 is 23.2 Å². The van der Waals surface area contributed by atoms with E-state index in [1.54, 1.807) is 38.1 Å². The van der Waals surface area contributed by atoms with Crippen LogP contribution in [0.25, 0.3) is 11.3 Å². The lowest BCUT2D eigenvalue weighted by molar-refractivity contribution is -0.183. The Morgan fingerprint density at radius 3 is 2.23 bits per heavy atom. The maximum absolute atomic E-state index is 13.3.